The molecule has 3 unspecified atom stereocenters. The highest BCUT2D eigenvalue weighted by atomic mass is 17.0. The Balaban J connectivity index is 1.80. The van der Waals surface area contributed by atoms with Gasteiger partial charge in [-0.2, -0.15) is 0 Å². The van der Waals surface area contributed by atoms with Crippen LogP contribution in [0.5, 0.6) is 0 Å². The van der Waals surface area contributed by atoms with Gasteiger partial charge in [0, 0.05) is 0 Å². The summed E-state index contributed by atoms with van der Waals surface area (Å²) in [4.78, 5) is 27.4. The number of carbonyl (C=O) groups is 1. The first-order chi connectivity index (χ1) is 15.9. The van der Waals surface area contributed by atoms with Gasteiger partial charge in [-0.1, -0.05) is 68.2 Å². The third-order valence-corrected chi connectivity index (χ3v) is 6.32. The summed E-state index contributed by atoms with van der Waals surface area (Å²) in [5, 5.41) is 19.9. The van der Waals surface area contributed by atoms with E-state index in [9.17, 15) is 20.0 Å². The third kappa shape index (κ3) is 11.9. The number of allylic oxidation sites excluding steroid dienone is 2. The van der Waals surface area contributed by atoms with Crippen LogP contribution in [0.25, 0.3) is 0 Å². The van der Waals surface area contributed by atoms with Gasteiger partial charge in [0.2, 0.25) is 0 Å². The molecule has 0 aromatic heterocycles. The van der Waals surface area contributed by atoms with Crippen LogP contribution in [-0.2, 0) is 20.8 Å². The predicted molar refractivity (Wildman–Crippen MR) is 127 cm³/mol. The summed E-state index contributed by atoms with van der Waals surface area (Å²) in [5.74, 6) is 0.0590. The number of nitrogens with zero attached hydrogens (tertiary/aromatic N) is 1. The average molecular weight is 462 g/mol. The summed E-state index contributed by atoms with van der Waals surface area (Å²) in [7, 11) is 0. The highest BCUT2D eigenvalue weighted by Crippen LogP contribution is 2.28. The number of benzene rings is 1. The van der Waals surface area contributed by atoms with Crippen molar-refractivity contribution in [1.29, 1.82) is 0 Å². The lowest BCUT2D eigenvalue weighted by Crippen LogP contribution is -2.27. The van der Waals surface area contributed by atoms with Crippen LogP contribution in [-0.4, -0.2) is 35.0 Å². The predicted octanol–water partition coefficient (Wildman–Crippen LogP) is 5.43. The van der Waals surface area contributed by atoms with Crippen molar-refractivity contribution in [1.82, 2.24) is 0 Å². The first kappa shape index (κ1) is 26.8. The van der Waals surface area contributed by atoms with E-state index in [-0.39, 0.29) is 18.5 Å². The zero-order valence-corrected chi connectivity index (χ0v) is 19.8. The van der Waals surface area contributed by atoms with Crippen LogP contribution in [0, 0.1) is 22.0 Å². The average Bonchev–Trinajstić information content (AvgIpc) is 3.32. The zero-order valence-electron chi connectivity index (χ0n) is 19.8. The van der Waals surface area contributed by atoms with Crippen molar-refractivity contribution < 1.29 is 24.6 Å². The number of aryl methyl sites for hydroxylation is 1. The third-order valence-electron chi connectivity index (χ3n) is 6.32. The molecule has 1 aromatic carbocycles. The summed E-state index contributed by atoms with van der Waals surface area (Å²) in [6.45, 7) is 1.29. The molecule has 0 aliphatic heterocycles. The van der Waals surface area contributed by atoms with Gasteiger partial charge < -0.3 is 14.7 Å². The van der Waals surface area contributed by atoms with Crippen molar-refractivity contribution in [2.45, 2.75) is 89.8 Å². The Hall–Kier alpha value is -2.41. The Morgan fingerprint density at radius 2 is 1.88 bits per heavy atom. The second-order valence-corrected chi connectivity index (χ2v) is 9.15. The molecule has 0 saturated heterocycles. The Labute approximate surface area is 197 Å². The van der Waals surface area contributed by atoms with Crippen LogP contribution in [0.3, 0.4) is 0 Å². The molecule has 184 valence electrons. The molecule has 0 heterocycles. The normalized spacial score (nSPS) is 17.0. The second-order valence-electron chi connectivity index (χ2n) is 9.15. The van der Waals surface area contributed by atoms with Crippen LogP contribution in [0.2, 0.25) is 0 Å². The molecule has 0 radical (unpaired) electrons. The van der Waals surface area contributed by atoms with E-state index in [1.807, 2.05) is 30.3 Å². The van der Waals surface area contributed by atoms with E-state index in [1.54, 1.807) is 6.92 Å². The van der Waals surface area contributed by atoms with E-state index in [1.165, 1.54) is 31.2 Å². The fourth-order valence-corrected chi connectivity index (χ4v) is 4.34. The highest BCUT2D eigenvalue weighted by molar-refractivity contribution is 5.72. The molecule has 1 aliphatic rings. The number of hydrogen-bond acceptors (Lipinski definition) is 6. The van der Waals surface area contributed by atoms with Crippen molar-refractivity contribution in [2.24, 2.45) is 11.8 Å². The monoisotopic (exact) mass is 461 g/mol. The van der Waals surface area contributed by atoms with Crippen LogP contribution < -0.4 is 0 Å². The minimum Gasteiger partial charge on any atom is -0.460 e. The van der Waals surface area contributed by atoms with Gasteiger partial charge in [0.05, 0.1) is 12.0 Å². The second kappa shape index (κ2) is 15.4. The van der Waals surface area contributed by atoms with E-state index >= 15 is 0 Å². The smallest absolute Gasteiger partial charge is 0.309 e. The van der Waals surface area contributed by atoms with E-state index in [2.05, 4.69) is 17.0 Å². The molecule has 1 saturated carbocycles. The lowest BCUT2D eigenvalue weighted by molar-refractivity contribution is -0.759. The van der Waals surface area contributed by atoms with E-state index in [4.69, 9.17) is 4.74 Å². The minimum absolute atomic E-state index is 0.285. The summed E-state index contributed by atoms with van der Waals surface area (Å²) >= 11 is 0. The molecule has 7 heteroatoms. The molecule has 1 N–H and O–H groups in total. The van der Waals surface area contributed by atoms with Gasteiger partial charge >= 0.3 is 5.97 Å². The quantitative estimate of drug-likeness (QED) is 0.152. The van der Waals surface area contributed by atoms with Crippen molar-refractivity contribution in [3.8, 4) is 0 Å². The molecule has 1 aliphatic carbocycles. The van der Waals surface area contributed by atoms with Gasteiger partial charge in [-0.25, -0.2) is 0 Å². The Morgan fingerprint density at radius 1 is 1.15 bits per heavy atom. The molecule has 3 atom stereocenters. The van der Waals surface area contributed by atoms with Gasteiger partial charge in [0.25, 0.3) is 5.09 Å². The number of esters is 1. The highest BCUT2D eigenvalue weighted by Gasteiger charge is 2.23. The maximum atomic E-state index is 12.7. The van der Waals surface area contributed by atoms with E-state index < -0.39 is 17.3 Å². The molecule has 0 spiro atoms. The van der Waals surface area contributed by atoms with Gasteiger partial charge in [-0.15, -0.1) is 10.1 Å². The molecule has 2 rings (SSSR count). The molecule has 7 nitrogen and oxygen atoms in total. The zero-order chi connectivity index (χ0) is 23.9. The molecule has 1 fully saturated rings. The lowest BCUT2D eigenvalue weighted by atomic mass is 9.93. The maximum absolute atomic E-state index is 12.7. The SMILES string of the molecule is CC(CO[N+](=O)[O-])OC(=O)C(CCC=CCC1CCCC1)CCC(O)CCc1ccccc1. The van der Waals surface area contributed by atoms with Gasteiger partial charge in [0.1, 0.15) is 12.7 Å². The molecule has 33 heavy (non-hydrogen) atoms. The first-order valence-corrected chi connectivity index (χ1v) is 12.3. The van der Waals surface area contributed by atoms with Crippen molar-refractivity contribution in [2.75, 3.05) is 6.61 Å². The molecule has 1 aromatic rings. The van der Waals surface area contributed by atoms with Gasteiger partial charge in [-0.05, 0) is 63.4 Å². The van der Waals surface area contributed by atoms with Crippen molar-refractivity contribution in [3.63, 3.8) is 0 Å². The molecule has 0 amide bonds. The topological polar surface area (TPSA) is 98.9 Å². The number of hydrogen-bond donors (Lipinski definition) is 1. The van der Waals surface area contributed by atoms with Crippen LogP contribution in [0.1, 0.15) is 76.7 Å². The number of aliphatic hydroxyl groups excluding tert-OH is 1. The minimum atomic E-state index is -0.889. The summed E-state index contributed by atoms with van der Waals surface area (Å²) in [5.41, 5.74) is 1.18. The standard InChI is InChI=1S/C26H39NO6/c1-21(20-32-27(30)31)33-26(29)24(15-7-3-6-10-22-13-8-9-14-22)17-19-25(28)18-16-23-11-4-2-5-12-23/h2-6,11-12,21-22,24-25,28H,7-10,13-20H2,1H3. The molecular weight excluding hydrogens is 422 g/mol. The van der Waals surface area contributed by atoms with Crippen LogP contribution in [0.15, 0.2) is 42.5 Å². The van der Waals surface area contributed by atoms with Gasteiger partial charge in [-0.3, -0.25) is 4.79 Å². The Morgan fingerprint density at radius 3 is 2.58 bits per heavy atom. The molecule has 0 bridgehead atoms. The van der Waals surface area contributed by atoms with Crippen LogP contribution >= 0.6 is 0 Å². The number of carbonyl (C=O) groups excluding carboxylic acids is 1. The Kier molecular flexibility index (Phi) is 12.6. The lowest BCUT2D eigenvalue weighted by Gasteiger charge is -2.20. The fourth-order valence-electron chi connectivity index (χ4n) is 4.34. The molecular formula is C26H39NO6. The van der Waals surface area contributed by atoms with Crippen molar-refractivity contribution in [3.05, 3.63) is 58.2 Å². The van der Waals surface area contributed by atoms with Gasteiger partial charge in [0.15, 0.2) is 0 Å². The summed E-state index contributed by atoms with van der Waals surface area (Å²) in [6, 6.07) is 10.0. The van der Waals surface area contributed by atoms with Crippen LogP contribution in [0.4, 0.5) is 0 Å². The fraction of sp³-hybridized carbons (Fsp3) is 0.654. The maximum Gasteiger partial charge on any atom is 0.309 e. The van der Waals surface area contributed by atoms with E-state index in [0.717, 1.165) is 25.2 Å². The van der Waals surface area contributed by atoms with Crippen molar-refractivity contribution >= 4 is 5.97 Å². The number of ether oxygens (including phenoxy) is 1. The largest absolute Gasteiger partial charge is 0.460 e. The summed E-state index contributed by atoms with van der Waals surface area (Å²) < 4.78 is 5.39. The van der Waals surface area contributed by atoms with E-state index in [0.29, 0.717) is 25.7 Å². The number of rotatable bonds is 16. The summed E-state index contributed by atoms with van der Waals surface area (Å²) in [6.07, 6.45) is 13.4. The number of aliphatic hydroxyl groups is 1. The first-order valence-electron chi connectivity index (χ1n) is 12.3. The Bertz CT molecular complexity index is 717.